The van der Waals surface area contributed by atoms with E-state index in [-0.39, 0.29) is 6.42 Å². The van der Waals surface area contributed by atoms with Crippen LogP contribution < -0.4 is 0 Å². The number of aliphatic carboxylic acids is 1. The minimum atomic E-state index is -0.784. The number of carboxylic acid groups (broad SMARTS) is 1. The Balaban J connectivity index is 2.71. The fourth-order valence-corrected chi connectivity index (χ4v) is 1.97. The largest absolute Gasteiger partial charge is 0.481 e. The Kier molecular flexibility index (Phi) is 6.75. The van der Waals surface area contributed by atoms with Crippen molar-refractivity contribution in [1.82, 2.24) is 4.90 Å². The van der Waals surface area contributed by atoms with Crippen molar-refractivity contribution >= 4 is 5.97 Å². The summed E-state index contributed by atoms with van der Waals surface area (Å²) < 4.78 is 0. The SMILES string of the molecule is CC(C)CCN(CCC(=O)O)Cc1ccccc1C#N. The quantitative estimate of drug-likeness (QED) is 0.791. The molecule has 0 heterocycles. The molecule has 0 atom stereocenters. The van der Waals surface area contributed by atoms with E-state index >= 15 is 0 Å². The molecular weight excluding hydrogens is 252 g/mol. The molecule has 0 aromatic heterocycles. The first kappa shape index (κ1) is 16.2. The van der Waals surface area contributed by atoms with Gasteiger partial charge in [-0.05, 0) is 30.5 Å². The lowest BCUT2D eigenvalue weighted by atomic mass is 10.1. The van der Waals surface area contributed by atoms with Crippen LogP contribution in [0.1, 0.15) is 37.8 Å². The molecule has 0 aliphatic rings. The van der Waals surface area contributed by atoms with E-state index in [2.05, 4.69) is 24.8 Å². The van der Waals surface area contributed by atoms with E-state index < -0.39 is 5.97 Å². The van der Waals surface area contributed by atoms with Gasteiger partial charge in [-0.15, -0.1) is 0 Å². The molecule has 0 spiro atoms. The van der Waals surface area contributed by atoms with E-state index in [9.17, 15) is 4.79 Å². The summed E-state index contributed by atoms with van der Waals surface area (Å²) in [7, 11) is 0. The summed E-state index contributed by atoms with van der Waals surface area (Å²) in [6.07, 6.45) is 1.15. The van der Waals surface area contributed by atoms with Gasteiger partial charge in [-0.25, -0.2) is 0 Å². The number of nitriles is 1. The fraction of sp³-hybridized carbons (Fsp3) is 0.500. The fourth-order valence-electron chi connectivity index (χ4n) is 1.97. The van der Waals surface area contributed by atoms with Gasteiger partial charge in [0.15, 0.2) is 0 Å². The predicted octanol–water partition coefficient (Wildman–Crippen LogP) is 2.88. The molecule has 1 rings (SSSR count). The number of rotatable bonds is 8. The van der Waals surface area contributed by atoms with Crippen molar-refractivity contribution in [3.63, 3.8) is 0 Å². The van der Waals surface area contributed by atoms with Gasteiger partial charge < -0.3 is 5.11 Å². The van der Waals surface area contributed by atoms with Crippen LogP contribution in [-0.4, -0.2) is 29.1 Å². The highest BCUT2D eigenvalue weighted by molar-refractivity contribution is 5.66. The molecule has 1 N–H and O–H groups in total. The van der Waals surface area contributed by atoms with Gasteiger partial charge in [-0.2, -0.15) is 5.26 Å². The third-order valence-corrected chi connectivity index (χ3v) is 3.20. The van der Waals surface area contributed by atoms with Gasteiger partial charge in [-0.3, -0.25) is 9.69 Å². The molecule has 1 aromatic carbocycles. The van der Waals surface area contributed by atoms with Crippen molar-refractivity contribution in [1.29, 1.82) is 5.26 Å². The summed E-state index contributed by atoms with van der Waals surface area (Å²) in [5, 5.41) is 17.9. The zero-order valence-electron chi connectivity index (χ0n) is 12.2. The lowest BCUT2D eigenvalue weighted by Crippen LogP contribution is -2.28. The third kappa shape index (κ3) is 5.85. The molecule has 0 saturated carbocycles. The minimum absolute atomic E-state index is 0.132. The van der Waals surface area contributed by atoms with Crippen LogP contribution in [0.5, 0.6) is 0 Å². The molecule has 1 aromatic rings. The molecule has 0 amide bonds. The normalized spacial score (nSPS) is 10.8. The van der Waals surface area contributed by atoms with Gasteiger partial charge in [0.1, 0.15) is 0 Å². The lowest BCUT2D eigenvalue weighted by Gasteiger charge is -2.23. The van der Waals surface area contributed by atoms with Crippen LogP contribution in [0.4, 0.5) is 0 Å². The van der Waals surface area contributed by atoms with Crippen LogP contribution in [0.3, 0.4) is 0 Å². The van der Waals surface area contributed by atoms with Crippen LogP contribution in [-0.2, 0) is 11.3 Å². The van der Waals surface area contributed by atoms with E-state index in [1.54, 1.807) is 6.07 Å². The van der Waals surface area contributed by atoms with Crippen LogP contribution in [0.2, 0.25) is 0 Å². The maximum Gasteiger partial charge on any atom is 0.304 e. The molecule has 0 unspecified atom stereocenters. The summed E-state index contributed by atoms with van der Waals surface area (Å²) in [6, 6.07) is 9.67. The second kappa shape index (κ2) is 8.34. The van der Waals surface area contributed by atoms with E-state index in [1.807, 2.05) is 18.2 Å². The number of hydrogen-bond donors (Lipinski definition) is 1. The zero-order valence-corrected chi connectivity index (χ0v) is 12.2. The summed E-state index contributed by atoms with van der Waals surface area (Å²) in [5.74, 6) is -0.207. The van der Waals surface area contributed by atoms with Crippen LogP contribution >= 0.6 is 0 Å². The standard InChI is InChI=1S/C16H22N2O2/c1-13(2)7-9-18(10-8-16(19)20)12-15-6-4-3-5-14(15)11-17/h3-6,13H,7-10,12H2,1-2H3,(H,19,20). The number of hydrogen-bond acceptors (Lipinski definition) is 3. The molecule has 0 bridgehead atoms. The van der Waals surface area contributed by atoms with Crippen molar-refractivity contribution in [2.24, 2.45) is 5.92 Å². The van der Waals surface area contributed by atoms with Gasteiger partial charge in [-0.1, -0.05) is 32.0 Å². The van der Waals surface area contributed by atoms with Crippen molar-refractivity contribution in [2.75, 3.05) is 13.1 Å². The Morgan fingerprint density at radius 2 is 2.05 bits per heavy atom. The summed E-state index contributed by atoms with van der Waals surface area (Å²) >= 11 is 0. The van der Waals surface area contributed by atoms with Crippen molar-refractivity contribution < 1.29 is 9.90 Å². The maximum absolute atomic E-state index is 10.7. The first-order valence-corrected chi connectivity index (χ1v) is 6.95. The molecule has 4 heteroatoms. The van der Waals surface area contributed by atoms with E-state index in [0.29, 0.717) is 24.6 Å². The molecule has 0 aliphatic heterocycles. The Labute approximate surface area is 120 Å². The first-order valence-electron chi connectivity index (χ1n) is 6.95. The summed E-state index contributed by atoms with van der Waals surface area (Å²) in [6.45, 7) is 6.30. The second-order valence-electron chi connectivity index (χ2n) is 5.37. The topological polar surface area (TPSA) is 64.3 Å². The maximum atomic E-state index is 10.7. The Bertz CT molecular complexity index is 478. The number of benzene rings is 1. The lowest BCUT2D eigenvalue weighted by molar-refractivity contribution is -0.137. The Morgan fingerprint density at radius 3 is 2.65 bits per heavy atom. The molecular formula is C16H22N2O2. The number of carboxylic acids is 1. The molecule has 0 radical (unpaired) electrons. The molecule has 20 heavy (non-hydrogen) atoms. The zero-order chi connectivity index (χ0) is 15.0. The third-order valence-electron chi connectivity index (χ3n) is 3.20. The van der Waals surface area contributed by atoms with Gasteiger partial charge in [0.2, 0.25) is 0 Å². The van der Waals surface area contributed by atoms with Crippen LogP contribution in [0.15, 0.2) is 24.3 Å². The molecule has 4 nitrogen and oxygen atoms in total. The highest BCUT2D eigenvalue weighted by Gasteiger charge is 2.11. The molecule has 0 saturated heterocycles. The average Bonchev–Trinajstić information content (AvgIpc) is 2.42. The van der Waals surface area contributed by atoms with E-state index in [1.165, 1.54) is 0 Å². The highest BCUT2D eigenvalue weighted by atomic mass is 16.4. The van der Waals surface area contributed by atoms with E-state index in [4.69, 9.17) is 10.4 Å². The smallest absolute Gasteiger partial charge is 0.304 e. The predicted molar refractivity (Wildman–Crippen MR) is 78.1 cm³/mol. The number of carbonyl (C=O) groups is 1. The first-order chi connectivity index (χ1) is 9.52. The average molecular weight is 274 g/mol. The highest BCUT2D eigenvalue weighted by Crippen LogP contribution is 2.12. The van der Waals surface area contributed by atoms with Crippen molar-refractivity contribution in [2.45, 2.75) is 33.2 Å². The molecule has 0 fully saturated rings. The van der Waals surface area contributed by atoms with Gasteiger partial charge in [0, 0.05) is 13.1 Å². The second-order valence-corrected chi connectivity index (χ2v) is 5.37. The van der Waals surface area contributed by atoms with Gasteiger partial charge in [0.25, 0.3) is 0 Å². The van der Waals surface area contributed by atoms with Gasteiger partial charge >= 0.3 is 5.97 Å². The van der Waals surface area contributed by atoms with Crippen LogP contribution in [0, 0.1) is 17.2 Å². The number of nitrogens with zero attached hydrogens (tertiary/aromatic N) is 2. The van der Waals surface area contributed by atoms with E-state index in [0.717, 1.165) is 18.5 Å². The summed E-state index contributed by atoms with van der Waals surface area (Å²) in [5.41, 5.74) is 1.63. The van der Waals surface area contributed by atoms with Crippen molar-refractivity contribution in [3.8, 4) is 6.07 Å². The molecule has 0 aliphatic carbocycles. The Morgan fingerprint density at radius 1 is 1.35 bits per heavy atom. The minimum Gasteiger partial charge on any atom is -0.481 e. The summed E-state index contributed by atoms with van der Waals surface area (Å²) in [4.78, 5) is 12.9. The Hall–Kier alpha value is -1.86. The monoisotopic (exact) mass is 274 g/mol. The molecule has 108 valence electrons. The van der Waals surface area contributed by atoms with Crippen molar-refractivity contribution in [3.05, 3.63) is 35.4 Å². The van der Waals surface area contributed by atoms with Crippen LogP contribution in [0.25, 0.3) is 0 Å². The van der Waals surface area contributed by atoms with Gasteiger partial charge in [0.05, 0.1) is 18.1 Å².